The van der Waals surface area contributed by atoms with Gasteiger partial charge in [-0.3, -0.25) is 9.69 Å². The van der Waals surface area contributed by atoms with Crippen molar-refractivity contribution >= 4 is 51.9 Å². The second kappa shape index (κ2) is 12.7. The predicted molar refractivity (Wildman–Crippen MR) is 151 cm³/mol. The highest BCUT2D eigenvalue weighted by Gasteiger charge is 2.34. The molecule has 1 amide bonds. The largest absolute Gasteiger partial charge is 0.493 e. The van der Waals surface area contributed by atoms with Crippen LogP contribution in [0.5, 0.6) is 11.5 Å². The van der Waals surface area contributed by atoms with Gasteiger partial charge in [0.05, 0.1) is 35.0 Å². The van der Waals surface area contributed by atoms with Crippen molar-refractivity contribution in [2.45, 2.75) is 32.6 Å². The number of ether oxygens (including phenoxy) is 2. The van der Waals surface area contributed by atoms with E-state index in [2.05, 4.69) is 6.92 Å². The van der Waals surface area contributed by atoms with E-state index in [0.717, 1.165) is 29.8 Å². The molecule has 1 heterocycles. The van der Waals surface area contributed by atoms with Gasteiger partial charge in [0, 0.05) is 0 Å². The minimum Gasteiger partial charge on any atom is -0.493 e. The number of hydrogen-bond donors (Lipinski definition) is 0. The summed E-state index contributed by atoms with van der Waals surface area (Å²) in [6, 6.07) is 22.8. The average molecular weight is 521 g/mol. The van der Waals surface area contributed by atoms with Crippen LogP contribution in [0.25, 0.3) is 6.08 Å². The summed E-state index contributed by atoms with van der Waals surface area (Å²) in [5.74, 6) is 0.922. The Hall–Kier alpha value is -3.22. The van der Waals surface area contributed by atoms with E-state index in [-0.39, 0.29) is 5.91 Å². The van der Waals surface area contributed by atoms with Crippen LogP contribution >= 0.6 is 23.4 Å². The fraction of sp³-hybridized carbons (Fsp3) is 0.241. The van der Waals surface area contributed by atoms with Gasteiger partial charge in [-0.1, -0.05) is 74.2 Å². The van der Waals surface area contributed by atoms with Gasteiger partial charge in [-0.2, -0.15) is 0 Å². The molecule has 0 N–H and O–H groups in total. The zero-order chi connectivity index (χ0) is 25.3. The highest BCUT2D eigenvalue weighted by atomic mass is 35.5. The normalized spacial score (nSPS) is 15.6. The Bertz CT molecular complexity index is 1250. The number of amidine groups is 1. The number of methoxy groups -OCH3 is 1. The number of carbonyl (C=O) groups is 1. The molecule has 1 saturated heterocycles. The summed E-state index contributed by atoms with van der Waals surface area (Å²) >= 11 is 7.90. The number of amides is 1. The van der Waals surface area contributed by atoms with Gasteiger partial charge in [-0.25, -0.2) is 4.99 Å². The van der Waals surface area contributed by atoms with Crippen molar-refractivity contribution in [1.29, 1.82) is 0 Å². The van der Waals surface area contributed by atoms with Crippen LogP contribution in [-0.2, 0) is 4.79 Å². The first kappa shape index (κ1) is 25.9. The predicted octanol–water partition coefficient (Wildman–Crippen LogP) is 8.12. The number of hydrogen-bond acceptors (Lipinski definition) is 5. The molecule has 1 fully saturated rings. The van der Waals surface area contributed by atoms with Crippen LogP contribution < -0.4 is 14.4 Å². The third-order valence-corrected chi connectivity index (χ3v) is 6.85. The lowest BCUT2D eigenvalue weighted by Gasteiger charge is -2.15. The Balaban J connectivity index is 1.63. The minimum absolute atomic E-state index is 0.146. The van der Waals surface area contributed by atoms with Crippen LogP contribution in [0.1, 0.15) is 38.2 Å². The molecule has 4 rings (SSSR count). The van der Waals surface area contributed by atoms with E-state index in [1.54, 1.807) is 18.1 Å². The summed E-state index contributed by atoms with van der Waals surface area (Å²) in [5.41, 5.74) is 2.29. The van der Waals surface area contributed by atoms with Gasteiger partial charge in [0.2, 0.25) is 0 Å². The standard InChI is InChI=1S/C29H29ClN2O3S/c1-3-4-5-12-17-35-27-24(30)18-21(19-25(27)34-2)20-26-28(33)32(23-15-10-7-11-16-23)29(36-26)31-22-13-8-6-9-14-22/h6-11,13-16,18-20H,3-5,12,17H2,1-2H3/b26-20+,31-29?. The van der Waals surface area contributed by atoms with Crippen molar-refractivity contribution in [2.75, 3.05) is 18.6 Å². The minimum atomic E-state index is -0.146. The van der Waals surface area contributed by atoms with Crippen molar-refractivity contribution in [3.05, 3.63) is 88.3 Å². The average Bonchev–Trinajstić information content (AvgIpc) is 3.19. The van der Waals surface area contributed by atoms with E-state index in [4.69, 9.17) is 26.1 Å². The highest BCUT2D eigenvalue weighted by Crippen LogP contribution is 2.40. The zero-order valence-electron chi connectivity index (χ0n) is 20.4. The van der Waals surface area contributed by atoms with Crippen molar-refractivity contribution in [1.82, 2.24) is 0 Å². The number of halogens is 1. The summed E-state index contributed by atoms with van der Waals surface area (Å²) in [4.78, 5) is 20.4. The third kappa shape index (κ3) is 6.31. The summed E-state index contributed by atoms with van der Waals surface area (Å²) in [6.45, 7) is 2.76. The molecule has 0 saturated carbocycles. The fourth-order valence-corrected chi connectivity index (χ4v) is 5.06. The summed E-state index contributed by atoms with van der Waals surface area (Å²) < 4.78 is 11.5. The number of aliphatic imine (C=N–C) groups is 1. The number of rotatable bonds is 10. The molecule has 0 aliphatic carbocycles. The van der Waals surface area contributed by atoms with Crippen molar-refractivity contribution < 1.29 is 14.3 Å². The maximum Gasteiger partial charge on any atom is 0.271 e. The number of anilines is 1. The molecule has 1 aliphatic heterocycles. The molecular formula is C29H29ClN2O3S. The second-order valence-electron chi connectivity index (χ2n) is 8.26. The maximum atomic E-state index is 13.5. The Kier molecular flexibility index (Phi) is 9.09. The Morgan fingerprint density at radius 2 is 1.72 bits per heavy atom. The van der Waals surface area contributed by atoms with Gasteiger partial charge < -0.3 is 9.47 Å². The maximum absolute atomic E-state index is 13.5. The molecular weight excluding hydrogens is 492 g/mol. The fourth-order valence-electron chi connectivity index (χ4n) is 3.78. The van der Waals surface area contributed by atoms with Crippen molar-refractivity contribution in [3.63, 3.8) is 0 Å². The molecule has 5 nitrogen and oxygen atoms in total. The zero-order valence-corrected chi connectivity index (χ0v) is 22.0. The number of carbonyl (C=O) groups excluding carboxylic acids is 1. The lowest BCUT2D eigenvalue weighted by Crippen LogP contribution is -2.28. The lowest BCUT2D eigenvalue weighted by atomic mass is 10.1. The SMILES string of the molecule is CCCCCCOc1c(Cl)cc(/C=C2/SC(=Nc3ccccc3)N(c3ccccc3)C2=O)cc1OC. The van der Waals surface area contributed by atoms with Gasteiger partial charge in [-0.05, 0) is 66.2 Å². The quantitative estimate of drug-likeness (QED) is 0.200. The molecule has 3 aromatic carbocycles. The molecule has 0 spiro atoms. The highest BCUT2D eigenvalue weighted by molar-refractivity contribution is 8.19. The van der Waals surface area contributed by atoms with E-state index in [9.17, 15) is 4.79 Å². The topological polar surface area (TPSA) is 51.1 Å². The molecule has 3 aromatic rings. The molecule has 0 radical (unpaired) electrons. The molecule has 0 aromatic heterocycles. The molecule has 0 bridgehead atoms. The van der Waals surface area contributed by atoms with Crippen molar-refractivity contribution in [2.24, 2.45) is 4.99 Å². The smallest absolute Gasteiger partial charge is 0.271 e. The van der Waals surface area contributed by atoms with Crippen LogP contribution in [0.4, 0.5) is 11.4 Å². The van der Waals surface area contributed by atoms with Crippen LogP contribution in [-0.4, -0.2) is 24.8 Å². The summed E-state index contributed by atoms with van der Waals surface area (Å²) in [7, 11) is 1.59. The Morgan fingerprint density at radius 3 is 2.42 bits per heavy atom. The molecule has 36 heavy (non-hydrogen) atoms. The number of unbranched alkanes of at least 4 members (excludes halogenated alkanes) is 3. The van der Waals surface area contributed by atoms with E-state index >= 15 is 0 Å². The van der Waals surface area contributed by atoms with E-state index in [0.29, 0.717) is 33.2 Å². The first-order valence-corrected chi connectivity index (χ1v) is 13.2. The number of benzene rings is 3. The van der Waals surface area contributed by atoms with Gasteiger partial charge in [0.1, 0.15) is 0 Å². The van der Waals surface area contributed by atoms with Gasteiger partial charge >= 0.3 is 0 Å². The molecule has 186 valence electrons. The number of nitrogens with zero attached hydrogens (tertiary/aromatic N) is 2. The summed E-state index contributed by atoms with van der Waals surface area (Å²) in [5, 5.41) is 1.04. The van der Waals surface area contributed by atoms with Gasteiger partial charge in [0.25, 0.3) is 5.91 Å². The van der Waals surface area contributed by atoms with Crippen LogP contribution in [0, 0.1) is 0 Å². The number of para-hydroxylation sites is 2. The van der Waals surface area contributed by atoms with Crippen LogP contribution in [0.15, 0.2) is 82.7 Å². The monoisotopic (exact) mass is 520 g/mol. The number of thioether (sulfide) groups is 1. The van der Waals surface area contributed by atoms with Crippen molar-refractivity contribution in [3.8, 4) is 11.5 Å². The third-order valence-electron chi connectivity index (χ3n) is 5.60. The van der Waals surface area contributed by atoms with Crippen LogP contribution in [0.3, 0.4) is 0 Å². The second-order valence-corrected chi connectivity index (χ2v) is 9.68. The molecule has 0 atom stereocenters. The molecule has 1 aliphatic rings. The van der Waals surface area contributed by atoms with E-state index in [1.807, 2.05) is 72.8 Å². The van der Waals surface area contributed by atoms with Crippen LogP contribution in [0.2, 0.25) is 5.02 Å². The van der Waals surface area contributed by atoms with Gasteiger partial charge in [-0.15, -0.1) is 0 Å². The lowest BCUT2D eigenvalue weighted by molar-refractivity contribution is -0.113. The first-order valence-electron chi connectivity index (χ1n) is 12.0. The Labute approximate surface area is 221 Å². The first-order chi connectivity index (χ1) is 17.6. The van der Waals surface area contributed by atoms with Gasteiger partial charge in [0.15, 0.2) is 16.7 Å². The Morgan fingerprint density at radius 1 is 1.00 bits per heavy atom. The summed E-state index contributed by atoms with van der Waals surface area (Å²) in [6.07, 6.45) is 6.25. The molecule has 7 heteroatoms. The van der Waals surface area contributed by atoms with E-state index < -0.39 is 0 Å². The molecule has 0 unspecified atom stereocenters. The van der Waals surface area contributed by atoms with E-state index in [1.165, 1.54) is 24.6 Å².